The second-order valence-electron chi connectivity index (χ2n) is 6.66. The maximum Gasteiger partial charge on any atom is 0.0372 e. The first-order chi connectivity index (χ1) is 8.46. The highest BCUT2D eigenvalue weighted by atomic mass is 14.9. The molecular weight excluding hydrogens is 220 g/mol. The molecule has 2 nitrogen and oxygen atoms in total. The first kappa shape index (κ1) is 13.5. The summed E-state index contributed by atoms with van der Waals surface area (Å²) in [5.74, 6) is 1.47. The number of pyridine rings is 1. The second-order valence-corrected chi connectivity index (χ2v) is 6.66. The molecule has 0 radical (unpaired) electrons. The second kappa shape index (κ2) is 5.40. The van der Waals surface area contributed by atoms with Crippen molar-refractivity contribution in [3.63, 3.8) is 0 Å². The minimum atomic E-state index is 0.221. The fourth-order valence-corrected chi connectivity index (χ4v) is 2.86. The van der Waals surface area contributed by atoms with E-state index in [4.69, 9.17) is 0 Å². The molecule has 0 amide bonds. The van der Waals surface area contributed by atoms with Gasteiger partial charge in [0.2, 0.25) is 0 Å². The van der Waals surface area contributed by atoms with E-state index < -0.39 is 0 Å². The maximum atomic E-state index is 4.45. The van der Waals surface area contributed by atoms with Crippen molar-refractivity contribution in [2.24, 2.45) is 5.92 Å². The molecule has 2 atom stereocenters. The van der Waals surface area contributed by atoms with E-state index in [9.17, 15) is 0 Å². The van der Waals surface area contributed by atoms with Gasteiger partial charge >= 0.3 is 0 Å². The van der Waals surface area contributed by atoms with E-state index in [1.165, 1.54) is 24.8 Å². The highest BCUT2D eigenvalue weighted by Gasteiger charge is 2.29. The third-order valence-electron chi connectivity index (χ3n) is 3.92. The van der Waals surface area contributed by atoms with Gasteiger partial charge in [-0.2, -0.15) is 0 Å². The zero-order valence-corrected chi connectivity index (χ0v) is 12.2. The number of rotatable bonds is 3. The Morgan fingerprint density at radius 1 is 1.28 bits per heavy atom. The summed E-state index contributed by atoms with van der Waals surface area (Å²) in [6.07, 6.45) is 6.10. The molecule has 1 aromatic rings. The van der Waals surface area contributed by atoms with Crippen molar-refractivity contribution >= 4 is 0 Å². The normalized spacial score (nSPS) is 24.4. The molecule has 18 heavy (non-hydrogen) atoms. The Morgan fingerprint density at radius 2 is 2.06 bits per heavy atom. The molecule has 2 rings (SSSR count). The zero-order chi connectivity index (χ0) is 13.2. The lowest BCUT2D eigenvalue weighted by Gasteiger charge is -2.26. The van der Waals surface area contributed by atoms with E-state index in [0.717, 1.165) is 18.2 Å². The maximum absolute atomic E-state index is 4.45. The summed E-state index contributed by atoms with van der Waals surface area (Å²) >= 11 is 0. The van der Waals surface area contributed by atoms with Crippen molar-refractivity contribution in [2.45, 2.75) is 58.4 Å². The van der Waals surface area contributed by atoms with Crippen molar-refractivity contribution < 1.29 is 0 Å². The van der Waals surface area contributed by atoms with Crippen LogP contribution in [0.25, 0.3) is 0 Å². The molecule has 2 unspecified atom stereocenters. The molecule has 1 N–H and O–H groups in total. The Balaban J connectivity index is 2.01. The summed E-state index contributed by atoms with van der Waals surface area (Å²) in [5.41, 5.74) is 2.76. The van der Waals surface area contributed by atoms with Crippen molar-refractivity contribution in [2.75, 3.05) is 6.54 Å². The SMILES string of the molecule is Cc1ccc(C2CCCC2CNC(C)(C)C)cn1. The van der Waals surface area contributed by atoms with Crippen LogP contribution >= 0.6 is 0 Å². The monoisotopic (exact) mass is 246 g/mol. The highest BCUT2D eigenvalue weighted by molar-refractivity contribution is 5.20. The Bertz CT molecular complexity index is 375. The Kier molecular flexibility index (Phi) is 4.06. The van der Waals surface area contributed by atoms with Gasteiger partial charge in [0.15, 0.2) is 0 Å². The Labute approximate surface area is 111 Å². The molecule has 100 valence electrons. The average molecular weight is 246 g/mol. The molecule has 1 fully saturated rings. The summed E-state index contributed by atoms with van der Waals surface area (Å²) in [7, 11) is 0. The summed E-state index contributed by atoms with van der Waals surface area (Å²) in [5, 5.41) is 3.65. The topological polar surface area (TPSA) is 24.9 Å². The van der Waals surface area contributed by atoms with Crippen LogP contribution in [0.2, 0.25) is 0 Å². The molecule has 1 saturated carbocycles. The van der Waals surface area contributed by atoms with Gasteiger partial charge in [0.25, 0.3) is 0 Å². The fourth-order valence-electron chi connectivity index (χ4n) is 2.86. The Morgan fingerprint density at radius 3 is 2.67 bits per heavy atom. The van der Waals surface area contributed by atoms with E-state index in [0.29, 0.717) is 5.92 Å². The first-order valence-electron chi connectivity index (χ1n) is 7.13. The van der Waals surface area contributed by atoms with E-state index in [1.54, 1.807) is 0 Å². The van der Waals surface area contributed by atoms with Crippen LogP contribution in [0.4, 0.5) is 0 Å². The van der Waals surface area contributed by atoms with Crippen LogP contribution in [0.1, 0.15) is 57.2 Å². The molecule has 0 aliphatic heterocycles. The van der Waals surface area contributed by atoms with Crippen molar-refractivity contribution in [3.8, 4) is 0 Å². The van der Waals surface area contributed by atoms with Gasteiger partial charge in [0, 0.05) is 17.4 Å². The van der Waals surface area contributed by atoms with Crippen LogP contribution in [0, 0.1) is 12.8 Å². The lowest BCUT2D eigenvalue weighted by molar-refractivity contribution is 0.356. The lowest BCUT2D eigenvalue weighted by Crippen LogP contribution is -2.39. The molecular formula is C16H26N2. The number of nitrogens with zero attached hydrogens (tertiary/aromatic N) is 1. The van der Waals surface area contributed by atoms with Gasteiger partial charge in [-0.3, -0.25) is 4.98 Å². The average Bonchev–Trinajstić information content (AvgIpc) is 2.75. The zero-order valence-electron chi connectivity index (χ0n) is 12.2. The molecule has 2 heteroatoms. The van der Waals surface area contributed by atoms with Crippen LogP contribution in [0.3, 0.4) is 0 Å². The van der Waals surface area contributed by atoms with E-state index in [1.807, 2.05) is 0 Å². The smallest absolute Gasteiger partial charge is 0.0372 e. The van der Waals surface area contributed by atoms with Crippen LogP contribution in [0.15, 0.2) is 18.3 Å². The molecule has 1 aromatic heterocycles. The largest absolute Gasteiger partial charge is 0.312 e. The molecule has 0 bridgehead atoms. The van der Waals surface area contributed by atoms with Gasteiger partial charge in [-0.05, 0) is 70.5 Å². The molecule has 0 spiro atoms. The highest BCUT2D eigenvalue weighted by Crippen LogP contribution is 2.39. The van der Waals surface area contributed by atoms with E-state index >= 15 is 0 Å². The van der Waals surface area contributed by atoms with Gasteiger partial charge in [-0.25, -0.2) is 0 Å². The minimum Gasteiger partial charge on any atom is -0.312 e. The quantitative estimate of drug-likeness (QED) is 0.880. The van der Waals surface area contributed by atoms with Crippen LogP contribution < -0.4 is 5.32 Å². The third-order valence-corrected chi connectivity index (χ3v) is 3.92. The number of hydrogen-bond acceptors (Lipinski definition) is 2. The number of aryl methyl sites for hydroxylation is 1. The van der Waals surface area contributed by atoms with E-state index in [-0.39, 0.29) is 5.54 Å². The van der Waals surface area contributed by atoms with Crippen LogP contribution in [0.5, 0.6) is 0 Å². The van der Waals surface area contributed by atoms with E-state index in [2.05, 4.69) is 56.3 Å². The lowest BCUT2D eigenvalue weighted by atomic mass is 9.89. The van der Waals surface area contributed by atoms with Crippen molar-refractivity contribution in [3.05, 3.63) is 29.6 Å². The van der Waals surface area contributed by atoms with Gasteiger partial charge in [-0.1, -0.05) is 12.5 Å². The summed E-state index contributed by atoms with van der Waals surface area (Å²) < 4.78 is 0. The van der Waals surface area contributed by atoms with Gasteiger partial charge < -0.3 is 5.32 Å². The summed E-state index contributed by atoms with van der Waals surface area (Å²) in [4.78, 5) is 4.45. The fraction of sp³-hybridized carbons (Fsp3) is 0.688. The summed E-state index contributed by atoms with van der Waals surface area (Å²) in [6, 6.07) is 4.41. The predicted molar refractivity (Wildman–Crippen MR) is 76.8 cm³/mol. The van der Waals surface area contributed by atoms with Gasteiger partial charge in [0.1, 0.15) is 0 Å². The minimum absolute atomic E-state index is 0.221. The van der Waals surface area contributed by atoms with Crippen molar-refractivity contribution in [1.82, 2.24) is 10.3 Å². The standard InChI is InChI=1S/C16H26N2/c1-12-8-9-14(10-17-12)15-7-5-6-13(15)11-18-16(2,3)4/h8-10,13,15,18H,5-7,11H2,1-4H3. The first-order valence-corrected chi connectivity index (χ1v) is 7.13. The third kappa shape index (κ3) is 3.55. The Hall–Kier alpha value is -0.890. The molecule has 1 aliphatic rings. The van der Waals surface area contributed by atoms with Crippen LogP contribution in [-0.4, -0.2) is 17.1 Å². The molecule has 1 aliphatic carbocycles. The van der Waals surface area contributed by atoms with Crippen LogP contribution in [-0.2, 0) is 0 Å². The number of aromatic nitrogens is 1. The molecule has 1 heterocycles. The van der Waals surface area contributed by atoms with Crippen molar-refractivity contribution in [1.29, 1.82) is 0 Å². The van der Waals surface area contributed by atoms with Gasteiger partial charge in [-0.15, -0.1) is 0 Å². The van der Waals surface area contributed by atoms with Gasteiger partial charge in [0.05, 0.1) is 0 Å². The molecule has 0 aromatic carbocycles. The summed E-state index contributed by atoms with van der Waals surface area (Å²) in [6.45, 7) is 9.90. The number of hydrogen-bond donors (Lipinski definition) is 1. The number of nitrogens with one attached hydrogen (secondary N) is 1. The molecule has 0 saturated heterocycles. The predicted octanol–water partition coefficient (Wildman–Crippen LogP) is 3.66.